The summed E-state index contributed by atoms with van der Waals surface area (Å²) in [7, 11) is 2.59. The Morgan fingerprint density at radius 3 is 2.85 bits per heavy atom. The smallest absolute Gasteiger partial charge is 0.356 e. The fraction of sp³-hybridized carbons (Fsp3) is 0.182. The van der Waals surface area contributed by atoms with E-state index in [1.807, 2.05) is 0 Å². The van der Waals surface area contributed by atoms with E-state index in [0.717, 1.165) is 29.1 Å². The monoisotopic (exact) mass is 295 g/mol. The van der Waals surface area contributed by atoms with Crippen molar-refractivity contribution >= 4 is 23.0 Å². The molecule has 0 amide bonds. The number of thiophene rings is 1. The molecule has 0 aliphatic carbocycles. The number of nitro groups is 1. The summed E-state index contributed by atoms with van der Waals surface area (Å²) in [6.45, 7) is 0. The van der Waals surface area contributed by atoms with Crippen LogP contribution in [0.15, 0.2) is 22.3 Å². The van der Waals surface area contributed by atoms with Crippen molar-refractivity contribution in [2.24, 2.45) is 7.05 Å². The quantitative estimate of drug-likeness (QED) is 0.478. The maximum absolute atomic E-state index is 11.8. The van der Waals surface area contributed by atoms with Gasteiger partial charge in [-0.3, -0.25) is 19.5 Å². The van der Waals surface area contributed by atoms with Crippen LogP contribution >= 0.6 is 11.3 Å². The van der Waals surface area contributed by atoms with Crippen LogP contribution in [0.5, 0.6) is 0 Å². The van der Waals surface area contributed by atoms with E-state index in [-0.39, 0.29) is 22.1 Å². The van der Waals surface area contributed by atoms with E-state index in [2.05, 4.69) is 9.72 Å². The van der Waals surface area contributed by atoms with E-state index in [4.69, 9.17) is 0 Å². The predicted octanol–water partition coefficient (Wildman–Crippen LogP) is 1.20. The molecule has 0 aliphatic rings. The van der Waals surface area contributed by atoms with Crippen LogP contribution in [0, 0.1) is 10.1 Å². The number of hydrogen-bond acceptors (Lipinski definition) is 7. The number of hydrogen-bond donors (Lipinski definition) is 0. The van der Waals surface area contributed by atoms with Crippen molar-refractivity contribution in [1.29, 1.82) is 0 Å². The van der Waals surface area contributed by atoms with Gasteiger partial charge in [-0.15, -0.1) is 11.3 Å². The molecular weight excluding hydrogens is 286 g/mol. The molecule has 0 saturated heterocycles. The lowest BCUT2D eigenvalue weighted by atomic mass is 10.3. The summed E-state index contributed by atoms with van der Waals surface area (Å²) in [6.07, 6.45) is 0. The molecule has 2 aromatic heterocycles. The fourth-order valence-corrected chi connectivity index (χ4v) is 2.45. The summed E-state index contributed by atoms with van der Waals surface area (Å²) in [6, 6.07) is 2.34. The van der Waals surface area contributed by atoms with Crippen LogP contribution in [0.25, 0.3) is 10.7 Å². The largest absolute Gasteiger partial charge is 0.464 e. The lowest BCUT2D eigenvalue weighted by Crippen LogP contribution is -2.22. The Kier molecular flexibility index (Phi) is 3.61. The van der Waals surface area contributed by atoms with Gasteiger partial charge in [-0.2, -0.15) is 0 Å². The van der Waals surface area contributed by atoms with Crippen LogP contribution < -0.4 is 5.56 Å². The predicted molar refractivity (Wildman–Crippen MR) is 70.8 cm³/mol. The van der Waals surface area contributed by atoms with E-state index in [1.54, 1.807) is 0 Å². The molecule has 0 fully saturated rings. The number of methoxy groups -OCH3 is 1. The van der Waals surface area contributed by atoms with Crippen molar-refractivity contribution in [1.82, 2.24) is 9.55 Å². The Bertz CT molecular complexity index is 749. The summed E-state index contributed by atoms with van der Waals surface area (Å²) < 4.78 is 5.65. The number of carbonyl (C=O) groups excluding carboxylic acids is 1. The Labute approximate surface area is 116 Å². The van der Waals surface area contributed by atoms with Gasteiger partial charge in [0.1, 0.15) is 4.88 Å². The van der Waals surface area contributed by atoms with E-state index >= 15 is 0 Å². The van der Waals surface area contributed by atoms with Gasteiger partial charge in [0, 0.05) is 19.2 Å². The Hall–Kier alpha value is -2.55. The number of esters is 1. The molecule has 0 saturated carbocycles. The normalized spacial score (nSPS) is 10.3. The molecule has 9 heteroatoms. The molecule has 20 heavy (non-hydrogen) atoms. The zero-order valence-electron chi connectivity index (χ0n) is 10.5. The highest BCUT2D eigenvalue weighted by molar-refractivity contribution is 7.14. The summed E-state index contributed by atoms with van der Waals surface area (Å²) in [5.74, 6) is -0.720. The van der Waals surface area contributed by atoms with Crippen LogP contribution in [-0.4, -0.2) is 27.6 Å². The first-order chi connectivity index (χ1) is 9.45. The van der Waals surface area contributed by atoms with Gasteiger partial charge in [0.15, 0.2) is 11.5 Å². The van der Waals surface area contributed by atoms with Gasteiger partial charge >= 0.3 is 5.97 Å². The number of carbonyl (C=O) groups is 1. The molecule has 2 aromatic rings. The summed E-state index contributed by atoms with van der Waals surface area (Å²) in [4.78, 5) is 37.8. The number of nitrogens with zero attached hydrogens (tertiary/aromatic N) is 3. The second-order valence-electron chi connectivity index (χ2n) is 3.75. The third kappa shape index (κ3) is 2.30. The van der Waals surface area contributed by atoms with Crippen molar-refractivity contribution in [2.45, 2.75) is 0 Å². The second kappa shape index (κ2) is 5.21. The molecule has 8 nitrogen and oxygen atoms in total. The molecule has 0 aliphatic heterocycles. The van der Waals surface area contributed by atoms with Gasteiger partial charge < -0.3 is 4.74 Å². The van der Waals surface area contributed by atoms with E-state index in [9.17, 15) is 19.7 Å². The SMILES string of the molecule is COC(=O)c1cc(=O)n(C)c(-c2sccc2[N+](=O)[O-])n1. The Balaban J connectivity index is 2.70. The first-order valence-electron chi connectivity index (χ1n) is 5.34. The minimum atomic E-state index is -0.775. The van der Waals surface area contributed by atoms with Crippen LogP contribution in [0.2, 0.25) is 0 Å². The van der Waals surface area contributed by atoms with Crippen LogP contribution in [0.4, 0.5) is 5.69 Å². The van der Waals surface area contributed by atoms with E-state index in [1.165, 1.54) is 18.5 Å². The molecule has 0 spiro atoms. The first-order valence-corrected chi connectivity index (χ1v) is 6.22. The zero-order chi connectivity index (χ0) is 14.9. The average molecular weight is 295 g/mol. The fourth-order valence-electron chi connectivity index (χ4n) is 1.57. The summed E-state index contributed by atoms with van der Waals surface area (Å²) in [5.41, 5.74) is -0.856. The molecule has 0 N–H and O–H groups in total. The minimum Gasteiger partial charge on any atom is -0.464 e. The summed E-state index contributed by atoms with van der Waals surface area (Å²) >= 11 is 1.07. The standard InChI is InChI=1S/C11H9N3O5S/c1-13-8(15)5-6(11(16)19-2)12-10(13)9-7(14(17)18)3-4-20-9/h3-5H,1-2H3. The molecule has 104 valence electrons. The Morgan fingerprint density at radius 1 is 1.55 bits per heavy atom. The number of ether oxygens (including phenoxy) is 1. The van der Waals surface area contributed by atoms with Crippen LogP contribution in [0.3, 0.4) is 0 Å². The molecular formula is C11H9N3O5S. The van der Waals surface area contributed by atoms with Crippen molar-refractivity contribution < 1.29 is 14.5 Å². The van der Waals surface area contributed by atoms with Gasteiger partial charge in [0.05, 0.1) is 12.0 Å². The van der Waals surface area contributed by atoms with Crippen molar-refractivity contribution in [3.8, 4) is 10.7 Å². The topological polar surface area (TPSA) is 104 Å². The first kappa shape index (κ1) is 13.9. The zero-order valence-corrected chi connectivity index (χ0v) is 11.3. The lowest BCUT2D eigenvalue weighted by molar-refractivity contribution is -0.383. The van der Waals surface area contributed by atoms with Crippen molar-refractivity contribution in [2.75, 3.05) is 7.11 Å². The second-order valence-corrected chi connectivity index (χ2v) is 4.66. The van der Waals surface area contributed by atoms with Crippen LogP contribution in [0.1, 0.15) is 10.5 Å². The third-order valence-electron chi connectivity index (χ3n) is 2.57. The molecule has 0 bridgehead atoms. The van der Waals surface area contributed by atoms with E-state index in [0.29, 0.717) is 0 Å². The van der Waals surface area contributed by atoms with Gasteiger partial charge in [-0.25, -0.2) is 9.78 Å². The Morgan fingerprint density at radius 2 is 2.25 bits per heavy atom. The number of rotatable bonds is 3. The van der Waals surface area contributed by atoms with E-state index < -0.39 is 16.5 Å². The minimum absolute atomic E-state index is 0.0552. The molecule has 0 aromatic carbocycles. The average Bonchev–Trinajstić information content (AvgIpc) is 2.90. The molecule has 2 heterocycles. The van der Waals surface area contributed by atoms with Crippen molar-refractivity contribution in [3.63, 3.8) is 0 Å². The molecule has 0 unspecified atom stereocenters. The highest BCUT2D eigenvalue weighted by atomic mass is 32.1. The maximum atomic E-state index is 11.8. The molecule has 2 rings (SSSR count). The molecule has 0 radical (unpaired) electrons. The highest BCUT2D eigenvalue weighted by Gasteiger charge is 2.22. The lowest BCUT2D eigenvalue weighted by Gasteiger charge is -2.06. The third-order valence-corrected chi connectivity index (χ3v) is 3.47. The highest BCUT2D eigenvalue weighted by Crippen LogP contribution is 2.33. The summed E-state index contributed by atoms with van der Waals surface area (Å²) in [5, 5.41) is 12.5. The van der Waals surface area contributed by atoms with Gasteiger partial charge in [0.25, 0.3) is 11.2 Å². The van der Waals surface area contributed by atoms with Crippen LogP contribution in [-0.2, 0) is 11.8 Å². The van der Waals surface area contributed by atoms with Gasteiger partial charge in [0.2, 0.25) is 0 Å². The molecule has 0 atom stereocenters. The number of aromatic nitrogens is 2. The van der Waals surface area contributed by atoms with Crippen molar-refractivity contribution in [3.05, 3.63) is 43.7 Å². The van der Waals surface area contributed by atoms with Gasteiger partial charge in [-0.05, 0) is 5.38 Å². The maximum Gasteiger partial charge on any atom is 0.356 e. The van der Waals surface area contributed by atoms with Gasteiger partial charge in [-0.1, -0.05) is 0 Å².